The van der Waals surface area contributed by atoms with Gasteiger partial charge in [-0.15, -0.1) is 0 Å². The highest BCUT2D eigenvalue weighted by Crippen LogP contribution is 2.28. The Kier molecular flexibility index (Phi) is 5.08. The van der Waals surface area contributed by atoms with E-state index >= 15 is 0 Å². The van der Waals surface area contributed by atoms with E-state index < -0.39 is 0 Å². The molecule has 1 fully saturated rings. The zero-order valence-corrected chi connectivity index (χ0v) is 9.12. The first-order chi connectivity index (χ1) is 5.88. The van der Waals surface area contributed by atoms with Gasteiger partial charge in [-0.25, -0.2) is 0 Å². The summed E-state index contributed by atoms with van der Waals surface area (Å²) in [5.74, 6) is 1.27. The lowest BCUT2D eigenvalue weighted by Crippen LogP contribution is -2.40. The van der Waals surface area contributed by atoms with Gasteiger partial charge in [0.25, 0.3) is 0 Å². The maximum absolute atomic E-state index is 3.60. The summed E-state index contributed by atoms with van der Waals surface area (Å²) in [5, 5.41) is 4.49. The van der Waals surface area contributed by atoms with E-state index in [-0.39, 0.29) is 0 Å². The molecule has 0 heterocycles. The van der Waals surface area contributed by atoms with Crippen molar-refractivity contribution in [2.45, 2.75) is 50.8 Å². The van der Waals surface area contributed by atoms with Crippen molar-refractivity contribution in [3.63, 3.8) is 0 Å². The third-order valence-electron chi connectivity index (χ3n) is 2.55. The van der Waals surface area contributed by atoms with Gasteiger partial charge in [0.1, 0.15) is 0 Å². The Morgan fingerprint density at radius 2 is 2.00 bits per heavy atom. The Bertz CT molecular complexity index is 98.4. The van der Waals surface area contributed by atoms with Crippen LogP contribution in [0, 0.1) is 0 Å². The van der Waals surface area contributed by atoms with Gasteiger partial charge in [0.2, 0.25) is 0 Å². The first-order valence-corrected chi connectivity index (χ1v) is 6.28. The fourth-order valence-corrected chi connectivity index (χ4v) is 3.23. The standard InChI is InChI=1S/C10H21NS/c1-3-11-9-7-5-6-8-10(9)12-4-2/h9-11H,3-8H2,1-2H3. The summed E-state index contributed by atoms with van der Waals surface area (Å²) in [4.78, 5) is 0. The lowest BCUT2D eigenvalue weighted by atomic mass is 9.95. The summed E-state index contributed by atoms with van der Waals surface area (Å²) in [6, 6.07) is 0.800. The van der Waals surface area contributed by atoms with Gasteiger partial charge in [0, 0.05) is 11.3 Å². The number of thioether (sulfide) groups is 1. The molecule has 2 unspecified atom stereocenters. The van der Waals surface area contributed by atoms with Gasteiger partial charge in [0.05, 0.1) is 0 Å². The molecule has 1 nitrogen and oxygen atoms in total. The highest BCUT2D eigenvalue weighted by molar-refractivity contribution is 7.99. The number of nitrogens with one attached hydrogen (secondary N) is 1. The minimum atomic E-state index is 0.800. The van der Waals surface area contributed by atoms with Crippen molar-refractivity contribution in [1.82, 2.24) is 5.32 Å². The minimum absolute atomic E-state index is 0.800. The summed E-state index contributed by atoms with van der Waals surface area (Å²) in [6.45, 7) is 5.61. The van der Waals surface area contributed by atoms with Crippen LogP contribution in [-0.4, -0.2) is 23.6 Å². The van der Waals surface area contributed by atoms with E-state index in [9.17, 15) is 0 Å². The normalized spacial score (nSPS) is 30.5. The average Bonchev–Trinajstić information content (AvgIpc) is 2.09. The highest BCUT2D eigenvalue weighted by atomic mass is 32.2. The van der Waals surface area contributed by atoms with Crippen LogP contribution in [0.15, 0.2) is 0 Å². The van der Waals surface area contributed by atoms with Crippen molar-refractivity contribution in [2.24, 2.45) is 0 Å². The quantitative estimate of drug-likeness (QED) is 0.726. The van der Waals surface area contributed by atoms with Crippen molar-refractivity contribution in [3.8, 4) is 0 Å². The van der Waals surface area contributed by atoms with Gasteiger partial charge in [0.15, 0.2) is 0 Å². The van der Waals surface area contributed by atoms with Crippen LogP contribution in [0.25, 0.3) is 0 Å². The fourth-order valence-electron chi connectivity index (χ4n) is 2.01. The molecule has 0 radical (unpaired) electrons. The van der Waals surface area contributed by atoms with E-state index in [4.69, 9.17) is 0 Å². The van der Waals surface area contributed by atoms with Crippen molar-refractivity contribution >= 4 is 11.8 Å². The maximum atomic E-state index is 3.60. The molecule has 1 aliphatic rings. The van der Waals surface area contributed by atoms with Gasteiger partial charge < -0.3 is 5.32 Å². The third kappa shape index (κ3) is 2.98. The molecule has 0 aromatic rings. The van der Waals surface area contributed by atoms with Crippen molar-refractivity contribution in [2.75, 3.05) is 12.3 Å². The minimum Gasteiger partial charge on any atom is -0.313 e. The van der Waals surface area contributed by atoms with E-state index in [1.807, 2.05) is 0 Å². The molecule has 0 aromatic carbocycles. The van der Waals surface area contributed by atoms with Crippen molar-refractivity contribution in [3.05, 3.63) is 0 Å². The molecule has 72 valence electrons. The van der Waals surface area contributed by atoms with Crippen molar-refractivity contribution < 1.29 is 0 Å². The molecular weight excluding hydrogens is 166 g/mol. The average molecular weight is 187 g/mol. The largest absolute Gasteiger partial charge is 0.313 e. The summed E-state index contributed by atoms with van der Waals surface area (Å²) in [6.07, 6.45) is 5.69. The molecular formula is C10H21NS. The first-order valence-electron chi connectivity index (χ1n) is 5.23. The van der Waals surface area contributed by atoms with E-state index in [2.05, 4.69) is 30.9 Å². The molecule has 12 heavy (non-hydrogen) atoms. The van der Waals surface area contributed by atoms with Gasteiger partial charge >= 0.3 is 0 Å². The van der Waals surface area contributed by atoms with E-state index in [0.717, 1.165) is 17.8 Å². The summed E-state index contributed by atoms with van der Waals surface area (Å²) in [5.41, 5.74) is 0. The molecule has 1 aliphatic carbocycles. The molecule has 1 rings (SSSR count). The number of rotatable bonds is 4. The summed E-state index contributed by atoms with van der Waals surface area (Å²) < 4.78 is 0. The van der Waals surface area contributed by atoms with E-state index in [0.29, 0.717) is 0 Å². The van der Waals surface area contributed by atoms with Crippen LogP contribution < -0.4 is 5.32 Å². The van der Waals surface area contributed by atoms with Gasteiger partial charge in [-0.3, -0.25) is 0 Å². The Hall–Kier alpha value is 0.310. The first kappa shape index (κ1) is 10.4. The highest BCUT2D eigenvalue weighted by Gasteiger charge is 2.23. The Balaban J connectivity index is 2.31. The molecule has 2 heteroatoms. The lowest BCUT2D eigenvalue weighted by Gasteiger charge is -2.31. The van der Waals surface area contributed by atoms with E-state index in [1.165, 1.54) is 31.4 Å². The zero-order valence-electron chi connectivity index (χ0n) is 8.31. The Labute approximate surface area is 80.7 Å². The molecule has 1 N–H and O–H groups in total. The number of hydrogen-bond donors (Lipinski definition) is 1. The van der Waals surface area contributed by atoms with Gasteiger partial charge in [-0.05, 0) is 25.1 Å². The van der Waals surface area contributed by atoms with Crippen LogP contribution in [0.5, 0.6) is 0 Å². The fraction of sp³-hybridized carbons (Fsp3) is 1.00. The maximum Gasteiger partial charge on any atom is 0.0201 e. The van der Waals surface area contributed by atoms with E-state index in [1.54, 1.807) is 0 Å². The topological polar surface area (TPSA) is 12.0 Å². The molecule has 0 amide bonds. The zero-order chi connectivity index (χ0) is 8.81. The molecule has 2 atom stereocenters. The number of hydrogen-bond acceptors (Lipinski definition) is 2. The predicted octanol–water partition coefficient (Wildman–Crippen LogP) is 2.66. The Morgan fingerprint density at radius 1 is 1.25 bits per heavy atom. The van der Waals surface area contributed by atoms with Crippen molar-refractivity contribution in [1.29, 1.82) is 0 Å². The van der Waals surface area contributed by atoms with Crippen LogP contribution in [0.2, 0.25) is 0 Å². The predicted molar refractivity (Wildman–Crippen MR) is 57.9 cm³/mol. The lowest BCUT2D eigenvalue weighted by molar-refractivity contribution is 0.391. The second kappa shape index (κ2) is 5.87. The molecule has 0 bridgehead atoms. The molecule has 0 aliphatic heterocycles. The second-order valence-corrected chi connectivity index (χ2v) is 4.96. The molecule has 0 spiro atoms. The molecule has 1 saturated carbocycles. The van der Waals surface area contributed by atoms with Gasteiger partial charge in [-0.2, -0.15) is 11.8 Å². The smallest absolute Gasteiger partial charge is 0.0201 e. The second-order valence-electron chi connectivity index (χ2n) is 3.44. The Morgan fingerprint density at radius 3 is 2.67 bits per heavy atom. The summed E-state index contributed by atoms with van der Waals surface area (Å²) >= 11 is 2.14. The summed E-state index contributed by atoms with van der Waals surface area (Å²) in [7, 11) is 0. The van der Waals surface area contributed by atoms with Crippen LogP contribution in [0.3, 0.4) is 0 Å². The molecule has 0 saturated heterocycles. The SMILES string of the molecule is CCNC1CCCCC1SCC. The monoisotopic (exact) mass is 187 g/mol. The third-order valence-corrected chi connectivity index (χ3v) is 3.88. The van der Waals surface area contributed by atoms with Crippen LogP contribution in [0.1, 0.15) is 39.5 Å². The van der Waals surface area contributed by atoms with Crippen LogP contribution in [-0.2, 0) is 0 Å². The van der Waals surface area contributed by atoms with Gasteiger partial charge in [-0.1, -0.05) is 26.7 Å². The van der Waals surface area contributed by atoms with Crippen LogP contribution >= 0.6 is 11.8 Å². The molecule has 0 aromatic heterocycles. The van der Waals surface area contributed by atoms with Crippen LogP contribution in [0.4, 0.5) is 0 Å².